The third kappa shape index (κ3) is 5.13. The first kappa shape index (κ1) is 19.0. The molecule has 2 aliphatic rings. The Labute approximate surface area is 157 Å². The Morgan fingerprint density at radius 3 is 2.38 bits per heavy atom. The number of esters is 1. The van der Waals surface area contributed by atoms with Crippen molar-refractivity contribution in [2.24, 2.45) is 17.6 Å². The maximum Gasteiger partial charge on any atom is 0.309 e. The number of piperidine rings is 1. The maximum atomic E-state index is 11.9. The number of anilines is 2. The van der Waals surface area contributed by atoms with Crippen LogP contribution in [0.3, 0.4) is 0 Å². The van der Waals surface area contributed by atoms with E-state index in [1.54, 1.807) is 0 Å². The third-order valence-electron chi connectivity index (χ3n) is 5.83. The molecule has 5 heteroatoms. The highest BCUT2D eigenvalue weighted by Crippen LogP contribution is 2.26. The van der Waals surface area contributed by atoms with Gasteiger partial charge >= 0.3 is 5.97 Å². The van der Waals surface area contributed by atoms with Gasteiger partial charge in [-0.3, -0.25) is 4.79 Å². The number of nitrogens with zero attached hydrogens (tertiary/aromatic N) is 1. The van der Waals surface area contributed by atoms with Gasteiger partial charge in [0.25, 0.3) is 0 Å². The summed E-state index contributed by atoms with van der Waals surface area (Å²) < 4.78 is 5.15. The minimum atomic E-state index is -0.0321. The van der Waals surface area contributed by atoms with Crippen LogP contribution < -0.4 is 16.0 Å². The van der Waals surface area contributed by atoms with Crippen LogP contribution in [-0.4, -0.2) is 38.3 Å². The molecule has 0 unspecified atom stereocenters. The van der Waals surface area contributed by atoms with Gasteiger partial charge in [0.1, 0.15) is 0 Å². The molecule has 0 amide bonds. The van der Waals surface area contributed by atoms with E-state index < -0.39 is 0 Å². The summed E-state index contributed by atoms with van der Waals surface area (Å²) in [6.45, 7) is 5.21. The van der Waals surface area contributed by atoms with Crippen LogP contribution in [0.2, 0.25) is 0 Å². The van der Waals surface area contributed by atoms with Gasteiger partial charge in [-0.2, -0.15) is 0 Å². The summed E-state index contributed by atoms with van der Waals surface area (Å²) in [6.07, 6.45) is 6.55. The van der Waals surface area contributed by atoms with E-state index in [0.717, 1.165) is 51.2 Å². The van der Waals surface area contributed by atoms with E-state index in [1.807, 2.05) is 6.92 Å². The van der Waals surface area contributed by atoms with Crippen LogP contribution >= 0.6 is 0 Å². The van der Waals surface area contributed by atoms with E-state index >= 15 is 0 Å². The maximum absolute atomic E-state index is 11.9. The zero-order valence-electron chi connectivity index (χ0n) is 16.0. The molecule has 0 atom stereocenters. The molecule has 5 nitrogen and oxygen atoms in total. The fourth-order valence-electron chi connectivity index (χ4n) is 4.08. The summed E-state index contributed by atoms with van der Waals surface area (Å²) in [6, 6.07) is 9.12. The lowest BCUT2D eigenvalue weighted by Gasteiger charge is -2.32. The minimum Gasteiger partial charge on any atom is -0.466 e. The van der Waals surface area contributed by atoms with Crippen LogP contribution in [-0.2, 0) is 9.53 Å². The second-order valence-electron chi connectivity index (χ2n) is 7.72. The lowest BCUT2D eigenvalue weighted by Crippen LogP contribution is -2.36. The molecule has 1 aromatic rings. The van der Waals surface area contributed by atoms with Gasteiger partial charge in [-0.15, -0.1) is 0 Å². The fourth-order valence-corrected chi connectivity index (χ4v) is 4.08. The number of hydrogen-bond donors (Lipinski definition) is 2. The number of nitrogens with two attached hydrogens (primary N) is 1. The molecule has 2 fully saturated rings. The Hall–Kier alpha value is -1.75. The van der Waals surface area contributed by atoms with Gasteiger partial charge < -0.3 is 20.7 Å². The molecule has 3 rings (SSSR count). The largest absolute Gasteiger partial charge is 0.466 e. The summed E-state index contributed by atoms with van der Waals surface area (Å²) in [4.78, 5) is 14.2. The van der Waals surface area contributed by atoms with Gasteiger partial charge in [0.05, 0.1) is 12.5 Å². The number of carbonyl (C=O) groups excluding carboxylic acids is 1. The first-order valence-corrected chi connectivity index (χ1v) is 10.2. The predicted octanol–water partition coefficient (Wildman–Crippen LogP) is 3.40. The molecule has 3 N–H and O–H groups in total. The first-order chi connectivity index (χ1) is 12.7. The van der Waals surface area contributed by atoms with Crippen LogP contribution in [0.4, 0.5) is 11.4 Å². The van der Waals surface area contributed by atoms with Crippen LogP contribution in [0, 0.1) is 11.8 Å². The van der Waals surface area contributed by atoms with Crippen molar-refractivity contribution in [1.29, 1.82) is 0 Å². The number of nitrogens with one attached hydrogen (secondary N) is 1. The Kier molecular flexibility index (Phi) is 6.78. The lowest BCUT2D eigenvalue weighted by molar-refractivity contribution is -0.148. The van der Waals surface area contributed by atoms with Crippen molar-refractivity contribution >= 4 is 17.3 Å². The highest BCUT2D eigenvalue weighted by Gasteiger charge is 2.26. The van der Waals surface area contributed by atoms with Crippen molar-refractivity contribution in [2.75, 3.05) is 36.5 Å². The highest BCUT2D eigenvalue weighted by molar-refractivity contribution is 5.73. The van der Waals surface area contributed by atoms with Crippen molar-refractivity contribution in [3.05, 3.63) is 24.3 Å². The zero-order valence-corrected chi connectivity index (χ0v) is 16.0. The monoisotopic (exact) mass is 359 g/mol. The van der Waals surface area contributed by atoms with Gasteiger partial charge in [0.2, 0.25) is 0 Å². The van der Waals surface area contributed by atoms with Gasteiger partial charge in [-0.1, -0.05) is 0 Å². The number of carbonyl (C=O) groups is 1. The standard InChI is InChI=1S/C21H33N3O2/c1-2-26-21(25)17-11-13-24(14-12-17)20-9-7-19(8-10-20)23-15-16-3-5-18(22)6-4-16/h7-10,16-18,23H,2-6,11-15,22H2,1H3. The number of benzene rings is 1. The normalized spacial score (nSPS) is 24.3. The van der Waals surface area contributed by atoms with Gasteiger partial charge in [-0.25, -0.2) is 0 Å². The van der Waals surface area contributed by atoms with E-state index in [9.17, 15) is 4.79 Å². The van der Waals surface area contributed by atoms with E-state index in [4.69, 9.17) is 10.5 Å². The Bertz CT molecular complexity index is 559. The molecule has 1 aliphatic heterocycles. The van der Waals surface area contributed by atoms with Gasteiger partial charge in [0.15, 0.2) is 0 Å². The second-order valence-corrected chi connectivity index (χ2v) is 7.72. The molecule has 144 valence electrons. The highest BCUT2D eigenvalue weighted by atomic mass is 16.5. The van der Waals surface area contributed by atoms with E-state index in [2.05, 4.69) is 34.5 Å². The fraction of sp³-hybridized carbons (Fsp3) is 0.667. The molecule has 0 aromatic heterocycles. The van der Waals surface area contributed by atoms with Crippen molar-refractivity contribution in [3.63, 3.8) is 0 Å². The summed E-state index contributed by atoms with van der Waals surface area (Å²) in [5.74, 6) is 0.780. The number of hydrogen-bond acceptors (Lipinski definition) is 5. The summed E-state index contributed by atoms with van der Waals surface area (Å²) in [5, 5.41) is 3.57. The number of ether oxygens (including phenoxy) is 1. The Balaban J connectivity index is 1.44. The van der Waals surface area contributed by atoms with Crippen molar-refractivity contribution in [2.45, 2.75) is 51.5 Å². The number of rotatable bonds is 6. The van der Waals surface area contributed by atoms with Crippen molar-refractivity contribution in [3.8, 4) is 0 Å². The Morgan fingerprint density at radius 2 is 1.77 bits per heavy atom. The molecule has 0 spiro atoms. The minimum absolute atomic E-state index is 0.0321. The quantitative estimate of drug-likeness (QED) is 0.762. The SMILES string of the molecule is CCOC(=O)C1CCN(c2ccc(NCC3CCC(N)CC3)cc2)CC1. The first-order valence-electron chi connectivity index (χ1n) is 10.2. The molecule has 1 aliphatic carbocycles. The summed E-state index contributed by atoms with van der Waals surface area (Å²) in [7, 11) is 0. The predicted molar refractivity (Wildman–Crippen MR) is 106 cm³/mol. The van der Waals surface area contributed by atoms with Gasteiger partial charge in [-0.05, 0) is 75.6 Å². The van der Waals surface area contributed by atoms with Crippen LogP contribution in [0.15, 0.2) is 24.3 Å². The summed E-state index contributed by atoms with van der Waals surface area (Å²) >= 11 is 0. The molecule has 1 saturated carbocycles. The van der Waals surface area contributed by atoms with E-state index in [1.165, 1.54) is 24.2 Å². The van der Waals surface area contributed by atoms with Gasteiger partial charge in [0, 0.05) is 37.1 Å². The molecular formula is C21H33N3O2. The van der Waals surface area contributed by atoms with Crippen molar-refractivity contribution < 1.29 is 9.53 Å². The van der Waals surface area contributed by atoms with E-state index in [-0.39, 0.29) is 11.9 Å². The van der Waals surface area contributed by atoms with Crippen LogP contribution in [0.5, 0.6) is 0 Å². The smallest absolute Gasteiger partial charge is 0.309 e. The Morgan fingerprint density at radius 1 is 1.12 bits per heavy atom. The lowest BCUT2D eigenvalue weighted by atomic mass is 9.86. The zero-order chi connectivity index (χ0) is 18.4. The molecule has 0 bridgehead atoms. The molecule has 0 radical (unpaired) electrons. The topological polar surface area (TPSA) is 67.6 Å². The van der Waals surface area contributed by atoms with E-state index in [0.29, 0.717) is 12.6 Å². The molecule has 1 aromatic carbocycles. The molecular weight excluding hydrogens is 326 g/mol. The molecule has 1 heterocycles. The second kappa shape index (κ2) is 9.26. The summed E-state index contributed by atoms with van der Waals surface area (Å²) in [5.41, 5.74) is 8.40. The van der Waals surface area contributed by atoms with Crippen molar-refractivity contribution in [1.82, 2.24) is 0 Å². The molecule has 1 saturated heterocycles. The average molecular weight is 360 g/mol. The molecule has 26 heavy (non-hydrogen) atoms. The van der Waals surface area contributed by atoms with Crippen LogP contribution in [0.25, 0.3) is 0 Å². The average Bonchev–Trinajstić information content (AvgIpc) is 2.68. The van der Waals surface area contributed by atoms with Crippen LogP contribution in [0.1, 0.15) is 45.4 Å². The third-order valence-corrected chi connectivity index (χ3v) is 5.83.